The summed E-state index contributed by atoms with van der Waals surface area (Å²) in [4.78, 5) is 13.0. The van der Waals surface area contributed by atoms with Crippen molar-refractivity contribution in [3.8, 4) is 0 Å². The molecule has 100 valence electrons. The molecule has 0 bridgehead atoms. The van der Waals surface area contributed by atoms with Gasteiger partial charge in [-0.1, -0.05) is 13.8 Å². The van der Waals surface area contributed by atoms with Crippen molar-refractivity contribution in [3.63, 3.8) is 0 Å². The molecule has 1 fully saturated rings. The number of aromatic nitrogens is 2. The van der Waals surface area contributed by atoms with E-state index in [1.165, 1.54) is 0 Å². The van der Waals surface area contributed by atoms with Crippen molar-refractivity contribution in [1.29, 1.82) is 0 Å². The van der Waals surface area contributed by atoms with Crippen LogP contribution in [0.4, 0.5) is 5.82 Å². The van der Waals surface area contributed by atoms with E-state index in [0.717, 1.165) is 44.0 Å². The first-order valence-electron chi connectivity index (χ1n) is 6.68. The van der Waals surface area contributed by atoms with Gasteiger partial charge in [0.05, 0.1) is 6.61 Å². The summed E-state index contributed by atoms with van der Waals surface area (Å²) in [7, 11) is 0. The summed E-state index contributed by atoms with van der Waals surface area (Å²) in [5, 5.41) is 9.33. The zero-order valence-electron chi connectivity index (χ0n) is 11.2. The molecule has 18 heavy (non-hydrogen) atoms. The molecule has 1 unspecified atom stereocenters. The maximum Gasteiger partial charge on any atom is 0.137 e. The highest BCUT2D eigenvalue weighted by Crippen LogP contribution is 2.23. The van der Waals surface area contributed by atoms with E-state index in [1.54, 1.807) is 12.5 Å². The zero-order valence-corrected chi connectivity index (χ0v) is 11.2. The van der Waals surface area contributed by atoms with Gasteiger partial charge < -0.3 is 10.0 Å². The SMILES string of the molecule is CCN(CC)C1CCN(c2ncncc2CO)C1. The molecule has 1 aliphatic rings. The first-order chi connectivity index (χ1) is 8.80. The van der Waals surface area contributed by atoms with Gasteiger partial charge >= 0.3 is 0 Å². The zero-order chi connectivity index (χ0) is 13.0. The molecule has 0 radical (unpaired) electrons. The highest BCUT2D eigenvalue weighted by molar-refractivity contribution is 5.46. The summed E-state index contributed by atoms with van der Waals surface area (Å²) in [5.41, 5.74) is 0.817. The molecule has 2 rings (SSSR count). The van der Waals surface area contributed by atoms with E-state index >= 15 is 0 Å². The van der Waals surface area contributed by atoms with Crippen LogP contribution in [0.15, 0.2) is 12.5 Å². The fourth-order valence-corrected chi connectivity index (χ4v) is 2.72. The molecule has 1 aliphatic heterocycles. The topological polar surface area (TPSA) is 52.5 Å². The minimum Gasteiger partial charge on any atom is -0.391 e. The maximum atomic E-state index is 9.33. The Morgan fingerprint density at radius 2 is 2.22 bits per heavy atom. The summed E-state index contributed by atoms with van der Waals surface area (Å²) in [6.45, 7) is 8.59. The first-order valence-corrected chi connectivity index (χ1v) is 6.68. The fourth-order valence-electron chi connectivity index (χ4n) is 2.72. The Morgan fingerprint density at radius 3 is 2.89 bits per heavy atom. The molecule has 0 amide bonds. The Kier molecular flexibility index (Phi) is 4.49. The van der Waals surface area contributed by atoms with Crippen LogP contribution in [0, 0.1) is 0 Å². The van der Waals surface area contributed by atoms with Crippen molar-refractivity contribution in [2.24, 2.45) is 0 Å². The molecule has 1 aromatic rings. The highest BCUT2D eigenvalue weighted by Gasteiger charge is 2.27. The van der Waals surface area contributed by atoms with Crippen LogP contribution in [0.3, 0.4) is 0 Å². The number of hydrogen-bond acceptors (Lipinski definition) is 5. The number of nitrogens with zero attached hydrogens (tertiary/aromatic N) is 4. The first kappa shape index (κ1) is 13.2. The van der Waals surface area contributed by atoms with Crippen molar-refractivity contribution < 1.29 is 5.11 Å². The minimum absolute atomic E-state index is 0.00259. The van der Waals surface area contributed by atoms with Gasteiger partial charge in [-0.15, -0.1) is 0 Å². The second-order valence-electron chi connectivity index (χ2n) is 4.64. The average molecular weight is 250 g/mol. The summed E-state index contributed by atoms with van der Waals surface area (Å²) < 4.78 is 0. The molecule has 1 aromatic heterocycles. The number of anilines is 1. The largest absolute Gasteiger partial charge is 0.391 e. The Labute approximate surface area is 108 Å². The molecule has 0 spiro atoms. The Morgan fingerprint density at radius 1 is 1.44 bits per heavy atom. The lowest BCUT2D eigenvalue weighted by molar-refractivity contribution is 0.232. The van der Waals surface area contributed by atoms with Crippen LogP contribution in [-0.2, 0) is 6.61 Å². The molecular formula is C13H22N4O. The minimum atomic E-state index is 0.00259. The van der Waals surface area contributed by atoms with Gasteiger partial charge in [-0.25, -0.2) is 9.97 Å². The summed E-state index contributed by atoms with van der Waals surface area (Å²) in [5.74, 6) is 0.891. The molecule has 5 nitrogen and oxygen atoms in total. The van der Waals surface area contributed by atoms with Crippen molar-refractivity contribution in [1.82, 2.24) is 14.9 Å². The summed E-state index contributed by atoms with van der Waals surface area (Å²) in [6.07, 6.45) is 4.42. The van der Waals surface area contributed by atoms with Crippen molar-refractivity contribution in [3.05, 3.63) is 18.1 Å². The molecule has 1 saturated heterocycles. The maximum absolute atomic E-state index is 9.33. The van der Waals surface area contributed by atoms with Crippen LogP contribution < -0.4 is 4.90 Å². The summed E-state index contributed by atoms with van der Waals surface area (Å²) in [6, 6.07) is 0.599. The van der Waals surface area contributed by atoms with Crippen LogP contribution in [0.1, 0.15) is 25.8 Å². The molecular weight excluding hydrogens is 228 g/mol. The van der Waals surface area contributed by atoms with Crippen LogP contribution in [-0.4, -0.2) is 52.2 Å². The fraction of sp³-hybridized carbons (Fsp3) is 0.692. The normalized spacial score (nSPS) is 19.8. The van der Waals surface area contributed by atoms with E-state index in [1.807, 2.05) is 0 Å². The lowest BCUT2D eigenvalue weighted by Crippen LogP contribution is -2.37. The van der Waals surface area contributed by atoms with Gasteiger partial charge in [0.2, 0.25) is 0 Å². The quantitative estimate of drug-likeness (QED) is 0.841. The Bertz CT molecular complexity index is 381. The van der Waals surface area contributed by atoms with E-state index in [2.05, 4.69) is 33.6 Å². The third-order valence-electron chi connectivity index (χ3n) is 3.73. The number of hydrogen-bond donors (Lipinski definition) is 1. The molecule has 0 aromatic carbocycles. The van der Waals surface area contributed by atoms with Gasteiger partial charge in [-0.05, 0) is 19.5 Å². The van der Waals surface area contributed by atoms with Gasteiger partial charge in [0.1, 0.15) is 12.1 Å². The van der Waals surface area contributed by atoms with Crippen LogP contribution in [0.2, 0.25) is 0 Å². The lowest BCUT2D eigenvalue weighted by Gasteiger charge is -2.26. The average Bonchev–Trinajstić information content (AvgIpc) is 2.89. The number of aliphatic hydroxyl groups is 1. The van der Waals surface area contributed by atoms with Gasteiger partial charge in [-0.2, -0.15) is 0 Å². The summed E-state index contributed by atoms with van der Waals surface area (Å²) >= 11 is 0. The highest BCUT2D eigenvalue weighted by atomic mass is 16.3. The smallest absolute Gasteiger partial charge is 0.137 e. The predicted molar refractivity (Wildman–Crippen MR) is 71.5 cm³/mol. The predicted octanol–water partition coefficient (Wildman–Crippen LogP) is 0.889. The van der Waals surface area contributed by atoms with Crippen LogP contribution in [0.5, 0.6) is 0 Å². The number of likely N-dealkylation sites (N-methyl/N-ethyl adjacent to an activating group) is 1. The van der Waals surface area contributed by atoms with Crippen molar-refractivity contribution in [2.75, 3.05) is 31.1 Å². The third kappa shape index (κ3) is 2.62. The van der Waals surface area contributed by atoms with Gasteiger partial charge in [-0.3, -0.25) is 4.90 Å². The molecule has 0 saturated carbocycles. The van der Waals surface area contributed by atoms with E-state index in [-0.39, 0.29) is 6.61 Å². The Hall–Kier alpha value is -1.20. The molecule has 5 heteroatoms. The second kappa shape index (κ2) is 6.11. The van der Waals surface area contributed by atoms with Crippen molar-refractivity contribution >= 4 is 5.82 Å². The van der Waals surface area contributed by atoms with Crippen molar-refractivity contribution in [2.45, 2.75) is 32.9 Å². The third-order valence-corrected chi connectivity index (χ3v) is 3.73. The van der Waals surface area contributed by atoms with E-state index in [0.29, 0.717) is 6.04 Å². The molecule has 1 N–H and O–H groups in total. The van der Waals surface area contributed by atoms with E-state index in [4.69, 9.17) is 0 Å². The van der Waals surface area contributed by atoms with Crippen LogP contribution in [0.25, 0.3) is 0 Å². The van der Waals surface area contributed by atoms with E-state index < -0.39 is 0 Å². The Balaban J connectivity index is 2.08. The number of rotatable bonds is 5. The lowest BCUT2D eigenvalue weighted by atomic mass is 10.2. The standard InChI is InChI=1S/C13H22N4O/c1-3-16(4-2)12-5-6-17(8-12)13-11(9-18)7-14-10-15-13/h7,10,12,18H,3-6,8-9H2,1-2H3. The monoisotopic (exact) mass is 250 g/mol. The second-order valence-corrected chi connectivity index (χ2v) is 4.64. The van der Waals surface area contributed by atoms with Crippen LogP contribution >= 0.6 is 0 Å². The van der Waals surface area contributed by atoms with Gasteiger partial charge in [0, 0.05) is 30.9 Å². The molecule has 0 aliphatic carbocycles. The molecule has 2 heterocycles. The molecule has 1 atom stereocenters. The number of aliphatic hydroxyl groups excluding tert-OH is 1. The van der Waals surface area contributed by atoms with Gasteiger partial charge in [0.15, 0.2) is 0 Å². The van der Waals surface area contributed by atoms with Gasteiger partial charge in [0.25, 0.3) is 0 Å². The van der Waals surface area contributed by atoms with E-state index in [9.17, 15) is 5.11 Å².